The van der Waals surface area contributed by atoms with Crippen LogP contribution in [0.1, 0.15) is 297 Å². The van der Waals surface area contributed by atoms with Crippen molar-refractivity contribution >= 4 is 0 Å². The summed E-state index contributed by atoms with van der Waals surface area (Å²) in [4.78, 5) is 0. The Kier molecular flexibility index (Phi) is 40.6. The highest BCUT2D eigenvalue weighted by molar-refractivity contribution is 5.14. The lowest BCUT2D eigenvalue weighted by molar-refractivity contribution is 0.235. The molecule has 0 amide bonds. The Bertz CT molecular complexity index is 1070. The summed E-state index contributed by atoms with van der Waals surface area (Å²) in [7, 11) is 0. The van der Waals surface area contributed by atoms with E-state index in [2.05, 4.69) is 148 Å². The molecule has 6 saturated carbocycles. The first-order chi connectivity index (χ1) is 30.8. The minimum Gasteiger partial charge on any atom is -0.0630 e. The van der Waals surface area contributed by atoms with Gasteiger partial charge in [0.15, 0.2) is 0 Å². The monoisotopic (exact) mass is 907 g/mol. The Morgan fingerprint density at radius 2 is 0.477 bits per heavy atom. The summed E-state index contributed by atoms with van der Waals surface area (Å²) in [6.45, 7) is 39.1. The third kappa shape index (κ3) is 38.7. The quantitative estimate of drug-likeness (QED) is 0.228. The first kappa shape index (κ1) is 64.2. The van der Waals surface area contributed by atoms with E-state index in [1.165, 1.54) is 185 Å². The normalized spacial score (nSPS) is 20.1. The number of hydrogen-bond donors (Lipinski definition) is 0. The van der Waals surface area contributed by atoms with Crippen molar-refractivity contribution in [1.82, 2.24) is 0 Å². The van der Waals surface area contributed by atoms with Crippen molar-refractivity contribution in [3.05, 3.63) is 35.9 Å². The van der Waals surface area contributed by atoms with E-state index in [-0.39, 0.29) is 0 Å². The molecule has 0 spiro atoms. The van der Waals surface area contributed by atoms with Crippen LogP contribution in [0.25, 0.3) is 0 Å². The molecule has 1 aromatic rings. The van der Waals surface area contributed by atoms with Gasteiger partial charge in [0.1, 0.15) is 0 Å². The molecule has 65 heavy (non-hydrogen) atoms. The van der Waals surface area contributed by atoms with Gasteiger partial charge in [-0.05, 0) is 108 Å². The topological polar surface area (TPSA) is 0 Å². The van der Waals surface area contributed by atoms with Crippen molar-refractivity contribution in [2.45, 2.75) is 297 Å². The maximum absolute atomic E-state index is 2.38. The van der Waals surface area contributed by atoms with Crippen LogP contribution in [0, 0.1) is 82.9 Å². The van der Waals surface area contributed by atoms with Crippen molar-refractivity contribution in [1.29, 1.82) is 0 Å². The molecule has 7 rings (SSSR count). The van der Waals surface area contributed by atoms with Gasteiger partial charge in [0.25, 0.3) is 0 Å². The van der Waals surface area contributed by atoms with Crippen LogP contribution in [0.5, 0.6) is 0 Å². The fraction of sp³-hybridized carbons (Fsp3) is 0.908. The van der Waals surface area contributed by atoms with Crippen LogP contribution >= 0.6 is 0 Å². The van der Waals surface area contributed by atoms with E-state index in [1.807, 2.05) is 0 Å². The minimum atomic E-state index is 0.766. The first-order valence-electron chi connectivity index (χ1n) is 29.9. The van der Waals surface area contributed by atoms with E-state index in [4.69, 9.17) is 0 Å². The molecule has 1 aromatic carbocycles. The molecule has 0 bridgehead atoms. The lowest BCUT2D eigenvalue weighted by Crippen LogP contribution is -2.16. The molecule has 0 atom stereocenters. The highest BCUT2D eigenvalue weighted by Crippen LogP contribution is 2.36. The minimum absolute atomic E-state index is 0.766. The predicted molar refractivity (Wildman–Crippen MR) is 300 cm³/mol. The molecule has 0 heterocycles. The van der Waals surface area contributed by atoms with E-state index in [0.717, 1.165) is 82.9 Å². The maximum Gasteiger partial charge on any atom is -0.0256 e. The van der Waals surface area contributed by atoms with Crippen LogP contribution in [0.15, 0.2) is 30.3 Å². The van der Waals surface area contributed by atoms with Gasteiger partial charge in [-0.3, -0.25) is 0 Å². The highest BCUT2D eigenvalue weighted by atomic mass is 14.3. The average Bonchev–Trinajstić information content (AvgIpc) is 3.99. The van der Waals surface area contributed by atoms with Gasteiger partial charge < -0.3 is 0 Å². The Labute approximate surface area is 414 Å². The first-order valence-corrected chi connectivity index (χ1v) is 29.9. The molecule has 0 saturated heterocycles. The fourth-order valence-corrected chi connectivity index (χ4v) is 10.5. The van der Waals surface area contributed by atoms with E-state index in [9.17, 15) is 0 Å². The zero-order valence-electron chi connectivity index (χ0n) is 48.3. The summed E-state index contributed by atoms with van der Waals surface area (Å²) < 4.78 is 0. The number of hydrogen-bond acceptors (Lipinski definition) is 0. The largest absolute Gasteiger partial charge is 0.0630 e. The SMILES string of the molecule is CC(C)C.CC(C)C1CC1.CC(C)C1CCC1.CC(C)C1CCCC1.CC(C)C1CCCCC1.CC(C)C1CCCCCC1.CC(C)C1CCCCCCC1.CC(C)Cc1ccccc1. The molecule has 0 radical (unpaired) electrons. The summed E-state index contributed by atoms with van der Waals surface area (Å²) in [5.74, 6) is 13.6. The zero-order chi connectivity index (χ0) is 49.0. The van der Waals surface area contributed by atoms with Gasteiger partial charge in [0.05, 0.1) is 0 Å². The molecule has 6 aliphatic carbocycles. The standard InChI is InChI=1S/C11H22.C10H14.C10H20.C9H18.C8H16.C7H14.C6H12.C4H10/c1-10(2)11-8-6-4-3-5-7-9-11;1-9(2)8-10-6-4-3-5-7-10;1-9(2)10-7-5-3-4-6-8-10;1-8(2)9-6-4-3-5-7-9;1-7(2)8-5-3-4-6-8;1-6(2)7-4-3-5-7;1-5(2)6-3-4-6;1-4(2)3/h10-11H,3-9H2,1-2H3;3-7,9H,8H2,1-2H3;9-10H,3-8H2,1-2H3;8-9H,3-7H2,1-2H3;7-8H,3-6H2,1-2H3;6-7H,3-5H2,1-2H3;5-6H,3-4H2,1-2H3;4H,1-3H3. The highest BCUT2D eigenvalue weighted by Gasteiger charge is 2.24. The van der Waals surface area contributed by atoms with Crippen LogP contribution < -0.4 is 0 Å². The number of rotatable bonds is 8. The van der Waals surface area contributed by atoms with Crippen LogP contribution in [-0.4, -0.2) is 0 Å². The molecule has 0 unspecified atom stereocenters. The van der Waals surface area contributed by atoms with Crippen molar-refractivity contribution < 1.29 is 0 Å². The summed E-state index contributed by atoms with van der Waals surface area (Å²) in [6.07, 6.45) is 41.5. The van der Waals surface area contributed by atoms with Gasteiger partial charge in [-0.1, -0.05) is 309 Å². The molecular weight excluding hydrogens is 781 g/mol. The Morgan fingerprint density at radius 1 is 0.277 bits per heavy atom. The van der Waals surface area contributed by atoms with Crippen LogP contribution in [0.4, 0.5) is 0 Å². The van der Waals surface area contributed by atoms with Crippen molar-refractivity contribution in [2.75, 3.05) is 0 Å². The van der Waals surface area contributed by atoms with Crippen LogP contribution in [0.3, 0.4) is 0 Å². The lowest BCUT2D eigenvalue weighted by Gasteiger charge is -2.28. The average molecular weight is 908 g/mol. The van der Waals surface area contributed by atoms with Gasteiger partial charge in [0, 0.05) is 0 Å². The summed E-state index contributed by atoms with van der Waals surface area (Å²) in [5.41, 5.74) is 1.44. The summed E-state index contributed by atoms with van der Waals surface area (Å²) >= 11 is 0. The molecule has 0 N–H and O–H groups in total. The van der Waals surface area contributed by atoms with Crippen molar-refractivity contribution in [3.8, 4) is 0 Å². The van der Waals surface area contributed by atoms with E-state index >= 15 is 0 Å². The smallest absolute Gasteiger partial charge is 0.0256 e. The van der Waals surface area contributed by atoms with Gasteiger partial charge in [0.2, 0.25) is 0 Å². The third-order valence-corrected chi connectivity index (χ3v) is 16.0. The predicted octanol–water partition coefficient (Wildman–Crippen LogP) is 22.7. The molecule has 0 aliphatic heterocycles. The molecule has 0 heteroatoms. The van der Waals surface area contributed by atoms with E-state index in [1.54, 1.807) is 0 Å². The van der Waals surface area contributed by atoms with Gasteiger partial charge in [-0.15, -0.1) is 0 Å². The number of benzene rings is 1. The molecule has 0 aromatic heterocycles. The molecule has 386 valence electrons. The molecule has 6 fully saturated rings. The molecule has 6 aliphatic rings. The third-order valence-electron chi connectivity index (χ3n) is 16.0. The second-order valence-corrected chi connectivity index (χ2v) is 25.6. The van der Waals surface area contributed by atoms with Crippen LogP contribution in [-0.2, 0) is 6.42 Å². The second-order valence-electron chi connectivity index (χ2n) is 25.6. The lowest BCUT2D eigenvalue weighted by atomic mass is 9.78. The van der Waals surface area contributed by atoms with Crippen LogP contribution in [0.2, 0.25) is 0 Å². The van der Waals surface area contributed by atoms with Gasteiger partial charge >= 0.3 is 0 Å². The Hall–Kier alpha value is -0.780. The molecular formula is C65H126. The van der Waals surface area contributed by atoms with Crippen molar-refractivity contribution in [2.24, 2.45) is 82.9 Å². The summed E-state index contributed by atoms with van der Waals surface area (Å²) in [5, 5.41) is 0. The van der Waals surface area contributed by atoms with Gasteiger partial charge in [-0.25, -0.2) is 0 Å². The van der Waals surface area contributed by atoms with E-state index in [0.29, 0.717) is 0 Å². The molecule has 0 nitrogen and oxygen atoms in total. The maximum atomic E-state index is 2.38. The summed E-state index contributed by atoms with van der Waals surface area (Å²) in [6, 6.07) is 10.6. The zero-order valence-corrected chi connectivity index (χ0v) is 48.3. The Morgan fingerprint density at radius 3 is 0.662 bits per heavy atom. The van der Waals surface area contributed by atoms with Gasteiger partial charge in [-0.2, -0.15) is 0 Å². The Balaban J connectivity index is 0.000000730. The fourth-order valence-electron chi connectivity index (χ4n) is 10.5. The second kappa shape index (κ2) is 41.0. The van der Waals surface area contributed by atoms with E-state index < -0.39 is 0 Å². The van der Waals surface area contributed by atoms with Crippen molar-refractivity contribution in [3.63, 3.8) is 0 Å².